The third-order valence-electron chi connectivity index (χ3n) is 2.61. The minimum atomic E-state index is 0.795. The molecule has 0 aliphatic carbocycles. The molecular formula is C14H15ClN2. The minimum absolute atomic E-state index is 0.795. The first kappa shape index (κ1) is 12.1. The Morgan fingerprint density at radius 3 is 2.82 bits per heavy atom. The van der Waals surface area contributed by atoms with Gasteiger partial charge >= 0.3 is 0 Å². The predicted molar refractivity (Wildman–Crippen MR) is 72.1 cm³/mol. The summed E-state index contributed by atoms with van der Waals surface area (Å²) in [6.07, 6.45) is 3.64. The fraction of sp³-hybridized carbons (Fsp3) is 0.214. The smallest absolute Gasteiger partial charge is 0.0451 e. The zero-order chi connectivity index (χ0) is 12.1. The fourth-order valence-electron chi connectivity index (χ4n) is 1.68. The molecule has 0 radical (unpaired) electrons. The van der Waals surface area contributed by atoms with Crippen molar-refractivity contribution in [2.24, 2.45) is 0 Å². The molecule has 0 bridgehead atoms. The molecule has 0 aliphatic heterocycles. The van der Waals surface area contributed by atoms with Crippen molar-refractivity contribution in [2.75, 3.05) is 6.54 Å². The van der Waals surface area contributed by atoms with Gasteiger partial charge in [0.05, 0.1) is 0 Å². The molecule has 2 aromatic rings. The monoisotopic (exact) mass is 246 g/mol. The van der Waals surface area contributed by atoms with Crippen LogP contribution < -0.4 is 5.32 Å². The molecule has 88 valence electrons. The first-order chi connectivity index (χ1) is 8.31. The molecule has 2 rings (SSSR count). The zero-order valence-electron chi connectivity index (χ0n) is 9.78. The first-order valence-corrected chi connectivity index (χ1v) is 6.08. The number of nitrogens with one attached hydrogen (secondary N) is 1. The van der Waals surface area contributed by atoms with Gasteiger partial charge < -0.3 is 5.32 Å². The molecule has 1 N–H and O–H groups in total. The number of rotatable bonds is 4. The lowest BCUT2D eigenvalue weighted by atomic mass is 10.0. The van der Waals surface area contributed by atoms with Gasteiger partial charge in [0.1, 0.15) is 0 Å². The second kappa shape index (κ2) is 5.80. The van der Waals surface area contributed by atoms with Crippen LogP contribution in [0.1, 0.15) is 12.5 Å². The van der Waals surface area contributed by atoms with E-state index >= 15 is 0 Å². The normalized spacial score (nSPS) is 10.5. The lowest BCUT2D eigenvalue weighted by molar-refractivity contribution is 0.727. The molecule has 0 aliphatic rings. The summed E-state index contributed by atoms with van der Waals surface area (Å²) in [5.74, 6) is 0. The van der Waals surface area contributed by atoms with Crippen molar-refractivity contribution in [2.45, 2.75) is 13.5 Å². The standard InChI is InChI=1S/C14H15ClN2/c1-2-16-10-13-8-11(5-6-14(13)15)12-4-3-7-17-9-12/h3-9,16H,2,10H2,1H3. The number of aromatic nitrogens is 1. The second-order valence-electron chi connectivity index (χ2n) is 3.83. The highest BCUT2D eigenvalue weighted by atomic mass is 35.5. The predicted octanol–water partition coefficient (Wildman–Crippen LogP) is 3.51. The molecule has 0 atom stereocenters. The lowest BCUT2D eigenvalue weighted by Crippen LogP contribution is -2.12. The van der Waals surface area contributed by atoms with E-state index in [1.54, 1.807) is 6.20 Å². The van der Waals surface area contributed by atoms with Gasteiger partial charge in [0.15, 0.2) is 0 Å². The summed E-state index contributed by atoms with van der Waals surface area (Å²) in [5, 5.41) is 4.09. The van der Waals surface area contributed by atoms with E-state index in [1.807, 2.05) is 30.5 Å². The molecule has 0 amide bonds. The average Bonchev–Trinajstić information content (AvgIpc) is 2.39. The molecule has 1 aromatic carbocycles. The van der Waals surface area contributed by atoms with Crippen molar-refractivity contribution in [3.8, 4) is 11.1 Å². The van der Waals surface area contributed by atoms with Gasteiger partial charge in [-0.2, -0.15) is 0 Å². The Kier molecular flexibility index (Phi) is 4.13. The van der Waals surface area contributed by atoms with Crippen LogP contribution in [-0.2, 0) is 6.54 Å². The van der Waals surface area contributed by atoms with E-state index < -0.39 is 0 Å². The Labute approximate surface area is 107 Å². The quantitative estimate of drug-likeness (QED) is 0.893. The van der Waals surface area contributed by atoms with Crippen LogP contribution in [0.25, 0.3) is 11.1 Å². The summed E-state index contributed by atoms with van der Waals surface area (Å²) in [6.45, 7) is 3.82. The summed E-state index contributed by atoms with van der Waals surface area (Å²) in [4.78, 5) is 4.13. The Balaban J connectivity index is 2.31. The number of nitrogens with zero attached hydrogens (tertiary/aromatic N) is 1. The molecule has 2 nitrogen and oxygen atoms in total. The summed E-state index contributed by atoms with van der Waals surface area (Å²) in [5.41, 5.74) is 3.38. The van der Waals surface area contributed by atoms with Crippen LogP contribution in [0.5, 0.6) is 0 Å². The highest BCUT2D eigenvalue weighted by molar-refractivity contribution is 6.31. The van der Waals surface area contributed by atoms with Gasteiger partial charge in [-0.3, -0.25) is 4.98 Å². The maximum Gasteiger partial charge on any atom is 0.0451 e. The lowest BCUT2D eigenvalue weighted by Gasteiger charge is -2.08. The fourth-order valence-corrected chi connectivity index (χ4v) is 1.87. The van der Waals surface area contributed by atoms with Gasteiger partial charge in [-0.1, -0.05) is 30.7 Å². The third kappa shape index (κ3) is 3.05. The van der Waals surface area contributed by atoms with Crippen LogP contribution in [0.2, 0.25) is 5.02 Å². The molecule has 0 saturated heterocycles. The number of hydrogen-bond donors (Lipinski definition) is 1. The van der Waals surface area contributed by atoms with E-state index in [4.69, 9.17) is 11.6 Å². The van der Waals surface area contributed by atoms with Gasteiger partial charge in [-0.25, -0.2) is 0 Å². The van der Waals surface area contributed by atoms with Crippen molar-refractivity contribution in [1.82, 2.24) is 10.3 Å². The van der Waals surface area contributed by atoms with Gasteiger partial charge in [-0.15, -0.1) is 0 Å². The summed E-state index contributed by atoms with van der Waals surface area (Å²) < 4.78 is 0. The minimum Gasteiger partial charge on any atom is -0.313 e. The first-order valence-electron chi connectivity index (χ1n) is 5.71. The van der Waals surface area contributed by atoms with E-state index in [9.17, 15) is 0 Å². The van der Waals surface area contributed by atoms with Crippen molar-refractivity contribution >= 4 is 11.6 Å². The van der Waals surface area contributed by atoms with Crippen LogP contribution in [-0.4, -0.2) is 11.5 Å². The van der Waals surface area contributed by atoms with Gasteiger partial charge in [-0.05, 0) is 41.4 Å². The third-order valence-corrected chi connectivity index (χ3v) is 2.97. The molecule has 3 heteroatoms. The van der Waals surface area contributed by atoms with E-state index in [0.29, 0.717) is 0 Å². The van der Waals surface area contributed by atoms with Gasteiger partial charge in [0.2, 0.25) is 0 Å². The molecule has 1 aromatic heterocycles. The topological polar surface area (TPSA) is 24.9 Å². The maximum atomic E-state index is 6.16. The SMILES string of the molecule is CCNCc1cc(-c2cccnc2)ccc1Cl. The van der Waals surface area contributed by atoms with Gasteiger partial charge in [0, 0.05) is 24.0 Å². The molecule has 0 unspecified atom stereocenters. The highest BCUT2D eigenvalue weighted by Gasteiger charge is 2.03. The van der Waals surface area contributed by atoms with Crippen molar-refractivity contribution in [3.05, 3.63) is 53.3 Å². The van der Waals surface area contributed by atoms with Crippen molar-refractivity contribution in [1.29, 1.82) is 0 Å². The summed E-state index contributed by atoms with van der Waals surface area (Å²) in [7, 11) is 0. The molecule has 0 spiro atoms. The number of benzene rings is 1. The van der Waals surface area contributed by atoms with E-state index in [-0.39, 0.29) is 0 Å². The van der Waals surface area contributed by atoms with E-state index in [0.717, 1.165) is 34.8 Å². The Hall–Kier alpha value is -1.38. The van der Waals surface area contributed by atoms with Crippen LogP contribution >= 0.6 is 11.6 Å². The largest absolute Gasteiger partial charge is 0.313 e. The van der Waals surface area contributed by atoms with Crippen LogP contribution in [0, 0.1) is 0 Å². The van der Waals surface area contributed by atoms with Gasteiger partial charge in [0.25, 0.3) is 0 Å². The highest BCUT2D eigenvalue weighted by Crippen LogP contribution is 2.24. The average molecular weight is 247 g/mol. The van der Waals surface area contributed by atoms with Crippen LogP contribution in [0.3, 0.4) is 0 Å². The van der Waals surface area contributed by atoms with Crippen LogP contribution in [0.15, 0.2) is 42.7 Å². The summed E-state index contributed by atoms with van der Waals surface area (Å²) >= 11 is 6.16. The summed E-state index contributed by atoms with van der Waals surface area (Å²) in [6, 6.07) is 10.1. The molecular weight excluding hydrogens is 232 g/mol. The Morgan fingerprint density at radius 1 is 1.24 bits per heavy atom. The van der Waals surface area contributed by atoms with E-state index in [1.165, 1.54) is 0 Å². The van der Waals surface area contributed by atoms with E-state index in [2.05, 4.69) is 23.3 Å². The number of pyridine rings is 1. The second-order valence-corrected chi connectivity index (χ2v) is 4.24. The van der Waals surface area contributed by atoms with Crippen molar-refractivity contribution in [3.63, 3.8) is 0 Å². The Bertz CT molecular complexity index is 483. The molecule has 1 heterocycles. The maximum absolute atomic E-state index is 6.16. The Morgan fingerprint density at radius 2 is 2.12 bits per heavy atom. The molecule has 17 heavy (non-hydrogen) atoms. The molecule has 0 fully saturated rings. The number of hydrogen-bond acceptors (Lipinski definition) is 2. The zero-order valence-corrected chi connectivity index (χ0v) is 10.5. The van der Waals surface area contributed by atoms with Crippen molar-refractivity contribution < 1.29 is 0 Å². The van der Waals surface area contributed by atoms with Crippen LogP contribution in [0.4, 0.5) is 0 Å². The molecule has 0 saturated carbocycles. The number of halogens is 1.